The molecule has 302 valence electrons. The number of nitrogens with zero attached hydrogens (tertiary/aromatic N) is 5. The van der Waals surface area contributed by atoms with Crippen LogP contribution in [0.25, 0.3) is 22.2 Å². The van der Waals surface area contributed by atoms with E-state index in [-0.39, 0.29) is 37.3 Å². The number of benzene rings is 2. The highest BCUT2D eigenvalue weighted by atomic mass is 32.2. The fourth-order valence-corrected chi connectivity index (χ4v) is 8.29. The second kappa shape index (κ2) is 18.0. The summed E-state index contributed by atoms with van der Waals surface area (Å²) in [7, 11) is 3.41. The van der Waals surface area contributed by atoms with E-state index in [0.29, 0.717) is 31.1 Å². The quantitative estimate of drug-likeness (QED) is 0.153. The number of methoxy groups -OCH3 is 2. The van der Waals surface area contributed by atoms with Gasteiger partial charge in [0.05, 0.1) is 24.0 Å². The van der Waals surface area contributed by atoms with Crippen LogP contribution in [0.2, 0.25) is 0 Å². The molecular formula is C40H52N6O9S. The first-order valence-corrected chi connectivity index (χ1v) is 20.3. The van der Waals surface area contributed by atoms with Gasteiger partial charge in [-0.15, -0.1) is 0 Å². The van der Waals surface area contributed by atoms with Gasteiger partial charge in [0.1, 0.15) is 24.7 Å². The van der Waals surface area contributed by atoms with Gasteiger partial charge in [0.25, 0.3) is 5.91 Å². The highest BCUT2D eigenvalue weighted by Gasteiger charge is 2.33. The molecule has 2 aromatic carbocycles. The standard InChI is InChI=1S/C40H52N6O9S/c1-43(19-20-44(2)40(48)49)30-23-46-34-21-28(39(47)42-56(50,51)45(3)24-36(52-4)53-5)14-16-32(34)37(27-11-7-6-8-12-27)38(46)33-17-15-31(22-35(33)55-26-30)54-25-29-13-9-10-18-41-29/h9-10,13-18,21-22,27,30,36H,6-8,11-12,19-20,23-26H2,1-5H3,(H,42,47)(H,48,49)/t30-/m1/s1. The minimum Gasteiger partial charge on any atom is -0.491 e. The molecular weight excluding hydrogens is 741 g/mol. The molecule has 1 fully saturated rings. The number of likely N-dealkylation sites (N-methyl/N-ethyl adjacent to an activating group) is 3. The van der Waals surface area contributed by atoms with Crippen molar-refractivity contribution in [3.8, 4) is 22.8 Å². The molecule has 2 N–H and O–H groups in total. The molecule has 0 bridgehead atoms. The highest BCUT2D eigenvalue weighted by molar-refractivity contribution is 7.87. The molecule has 0 radical (unpaired) electrons. The Hall–Kier alpha value is -4.74. The van der Waals surface area contributed by atoms with Gasteiger partial charge < -0.3 is 33.5 Å². The SMILES string of the molecule is COC(CN(C)S(=O)(=O)NC(=O)c1ccc2c(C3CCCCC3)c3n(c2c1)C[C@@H](N(C)CCN(C)C(=O)O)COc1cc(OCc2ccccn2)ccc1-3)OC. The molecule has 6 rings (SSSR count). The maximum absolute atomic E-state index is 13.7. The summed E-state index contributed by atoms with van der Waals surface area (Å²) in [6.45, 7) is 1.65. The molecule has 0 saturated heterocycles. The first-order chi connectivity index (χ1) is 26.9. The minimum absolute atomic E-state index is 0.125. The Morgan fingerprint density at radius 2 is 1.79 bits per heavy atom. The number of hydrogen-bond acceptors (Lipinski definition) is 10. The van der Waals surface area contributed by atoms with Crippen molar-refractivity contribution in [3.05, 3.63) is 77.6 Å². The lowest BCUT2D eigenvalue weighted by Gasteiger charge is -2.33. The second-order valence-electron chi connectivity index (χ2n) is 14.5. The average molecular weight is 793 g/mol. The molecule has 15 nitrogen and oxygen atoms in total. The fourth-order valence-electron chi connectivity index (χ4n) is 7.46. The summed E-state index contributed by atoms with van der Waals surface area (Å²) >= 11 is 0. The van der Waals surface area contributed by atoms with Crippen LogP contribution in [0.3, 0.4) is 0 Å². The van der Waals surface area contributed by atoms with Crippen LogP contribution in [0.5, 0.6) is 11.5 Å². The molecule has 1 aliphatic heterocycles. The monoisotopic (exact) mass is 792 g/mol. The zero-order chi connectivity index (χ0) is 40.0. The highest BCUT2D eigenvalue weighted by Crippen LogP contribution is 2.48. The van der Waals surface area contributed by atoms with Crippen molar-refractivity contribution in [3.63, 3.8) is 0 Å². The van der Waals surface area contributed by atoms with Gasteiger partial charge in [-0.05, 0) is 67.8 Å². The molecule has 3 heterocycles. The van der Waals surface area contributed by atoms with Gasteiger partial charge in [-0.1, -0.05) is 31.4 Å². The Bertz CT molecular complexity index is 2100. The van der Waals surface area contributed by atoms with Crippen LogP contribution in [0.15, 0.2) is 60.8 Å². The zero-order valence-corrected chi connectivity index (χ0v) is 33.5. The summed E-state index contributed by atoms with van der Waals surface area (Å²) in [5.41, 5.74) is 4.81. The summed E-state index contributed by atoms with van der Waals surface area (Å²) < 4.78 is 55.1. The summed E-state index contributed by atoms with van der Waals surface area (Å²) in [6.07, 6.45) is 5.29. The van der Waals surface area contributed by atoms with E-state index < -0.39 is 28.5 Å². The second-order valence-corrected chi connectivity index (χ2v) is 16.3. The van der Waals surface area contributed by atoms with Crippen molar-refractivity contribution in [2.45, 2.75) is 63.5 Å². The molecule has 2 aromatic heterocycles. The molecule has 1 saturated carbocycles. The van der Waals surface area contributed by atoms with Crippen LogP contribution in [-0.2, 0) is 32.8 Å². The number of amides is 2. The van der Waals surface area contributed by atoms with Gasteiger partial charge >= 0.3 is 16.3 Å². The molecule has 0 spiro atoms. The number of carbonyl (C=O) groups excluding carboxylic acids is 1. The topological polar surface area (TPSA) is 165 Å². The van der Waals surface area contributed by atoms with Crippen LogP contribution in [-0.4, -0.2) is 123 Å². The molecule has 4 aromatic rings. The number of rotatable bonds is 15. The van der Waals surface area contributed by atoms with Crippen molar-refractivity contribution in [1.29, 1.82) is 0 Å². The first-order valence-electron chi connectivity index (χ1n) is 18.8. The Balaban J connectivity index is 1.45. The van der Waals surface area contributed by atoms with Gasteiger partial charge in [0.2, 0.25) is 0 Å². The third-order valence-electron chi connectivity index (χ3n) is 10.8. The normalized spacial score (nSPS) is 16.2. The van der Waals surface area contributed by atoms with Crippen molar-refractivity contribution >= 4 is 33.1 Å². The van der Waals surface area contributed by atoms with Crippen LogP contribution in [0.1, 0.15) is 59.6 Å². The number of pyridine rings is 1. The number of carbonyl (C=O) groups is 2. The Morgan fingerprint density at radius 1 is 1.02 bits per heavy atom. The summed E-state index contributed by atoms with van der Waals surface area (Å²) in [5.74, 6) is 0.744. The molecule has 2 amide bonds. The molecule has 1 aliphatic carbocycles. The molecule has 2 aliphatic rings. The van der Waals surface area contributed by atoms with Crippen LogP contribution in [0.4, 0.5) is 4.79 Å². The number of hydrogen-bond donors (Lipinski definition) is 2. The largest absolute Gasteiger partial charge is 0.491 e. The lowest BCUT2D eigenvalue weighted by molar-refractivity contribution is -0.106. The van der Waals surface area contributed by atoms with E-state index in [1.807, 2.05) is 49.5 Å². The van der Waals surface area contributed by atoms with Gasteiger partial charge in [-0.3, -0.25) is 14.7 Å². The van der Waals surface area contributed by atoms with Crippen molar-refractivity contribution in [1.82, 2.24) is 28.4 Å². The Kier molecular flexibility index (Phi) is 13.2. The summed E-state index contributed by atoms with van der Waals surface area (Å²) in [5, 5.41) is 10.5. The van der Waals surface area contributed by atoms with E-state index in [1.165, 1.54) is 38.2 Å². The molecule has 16 heteroatoms. The lowest BCUT2D eigenvalue weighted by Crippen LogP contribution is -2.45. The number of carboxylic acid groups (broad SMARTS) is 1. The Labute approximate surface area is 328 Å². The van der Waals surface area contributed by atoms with Crippen molar-refractivity contribution in [2.75, 3.05) is 61.6 Å². The Morgan fingerprint density at radius 3 is 2.48 bits per heavy atom. The molecule has 0 unspecified atom stereocenters. The van der Waals surface area contributed by atoms with E-state index in [1.54, 1.807) is 25.4 Å². The number of nitrogens with one attached hydrogen (secondary N) is 1. The fraction of sp³-hybridized carbons (Fsp3) is 0.475. The molecule has 1 atom stereocenters. The average Bonchev–Trinajstić information content (AvgIpc) is 3.51. The smallest absolute Gasteiger partial charge is 0.407 e. The summed E-state index contributed by atoms with van der Waals surface area (Å²) in [4.78, 5) is 33.1. The maximum Gasteiger partial charge on any atom is 0.407 e. The third kappa shape index (κ3) is 9.27. The van der Waals surface area contributed by atoms with E-state index in [2.05, 4.69) is 19.2 Å². The first kappa shape index (κ1) is 40.9. The lowest BCUT2D eigenvalue weighted by atomic mass is 9.81. The van der Waals surface area contributed by atoms with Gasteiger partial charge in [-0.25, -0.2) is 9.52 Å². The van der Waals surface area contributed by atoms with Crippen molar-refractivity contribution in [2.24, 2.45) is 0 Å². The van der Waals surface area contributed by atoms with Gasteiger partial charge in [0, 0.05) is 82.2 Å². The van der Waals surface area contributed by atoms with E-state index >= 15 is 0 Å². The van der Waals surface area contributed by atoms with Crippen molar-refractivity contribution < 1.29 is 42.1 Å². The third-order valence-corrected chi connectivity index (χ3v) is 12.2. The number of ether oxygens (including phenoxy) is 4. The van der Waals surface area contributed by atoms with Crippen LogP contribution < -0.4 is 14.2 Å². The predicted molar refractivity (Wildman–Crippen MR) is 211 cm³/mol. The van der Waals surface area contributed by atoms with E-state index in [9.17, 15) is 23.1 Å². The summed E-state index contributed by atoms with van der Waals surface area (Å²) in [6, 6.07) is 16.7. The zero-order valence-electron chi connectivity index (χ0n) is 32.6. The minimum atomic E-state index is -4.24. The van der Waals surface area contributed by atoms with Crippen LogP contribution in [0, 0.1) is 0 Å². The predicted octanol–water partition coefficient (Wildman–Crippen LogP) is 5.16. The van der Waals surface area contributed by atoms with Crippen LogP contribution >= 0.6 is 0 Å². The van der Waals surface area contributed by atoms with E-state index in [0.717, 1.165) is 57.8 Å². The van der Waals surface area contributed by atoms with E-state index in [4.69, 9.17) is 18.9 Å². The molecule has 56 heavy (non-hydrogen) atoms. The van der Waals surface area contributed by atoms with Gasteiger partial charge in [-0.2, -0.15) is 12.7 Å². The maximum atomic E-state index is 13.7. The number of fused-ring (bicyclic) bond motifs is 5. The van der Waals surface area contributed by atoms with Gasteiger partial charge in [0.15, 0.2) is 6.29 Å². The number of aromatic nitrogens is 2.